The summed E-state index contributed by atoms with van der Waals surface area (Å²) in [4.78, 5) is 9.94. The molecule has 35 heavy (non-hydrogen) atoms. The van der Waals surface area contributed by atoms with Crippen LogP contribution in [0.3, 0.4) is 0 Å². The zero-order valence-corrected chi connectivity index (χ0v) is 29.6. The van der Waals surface area contributed by atoms with Gasteiger partial charge in [0.05, 0.1) is 0 Å². The van der Waals surface area contributed by atoms with Crippen LogP contribution in [0.15, 0.2) is 0 Å². The van der Waals surface area contributed by atoms with Gasteiger partial charge in [0.1, 0.15) is 0 Å². The first-order chi connectivity index (χ1) is 15.3. The molecule has 4 atom stereocenters. The topological polar surface area (TPSA) is 0 Å². The van der Waals surface area contributed by atoms with Gasteiger partial charge in [-0.15, -0.1) is 0 Å². The van der Waals surface area contributed by atoms with Crippen molar-refractivity contribution in [3.05, 3.63) is 0 Å². The van der Waals surface area contributed by atoms with E-state index in [4.69, 9.17) is 0 Å². The summed E-state index contributed by atoms with van der Waals surface area (Å²) in [7, 11) is -1.09. The van der Waals surface area contributed by atoms with E-state index in [0.29, 0.717) is 20.6 Å². The van der Waals surface area contributed by atoms with E-state index in [9.17, 15) is 0 Å². The van der Waals surface area contributed by atoms with Crippen molar-refractivity contribution in [3.63, 3.8) is 0 Å². The van der Waals surface area contributed by atoms with E-state index < -0.39 is 14.6 Å². The van der Waals surface area contributed by atoms with Gasteiger partial charge in [-0.05, 0) is 0 Å². The van der Waals surface area contributed by atoms with E-state index in [2.05, 4.69) is 103 Å². The Labute approximate surface area is 211 Å². The van der Waals surface area contributed by atoms with Crippen LogP contribution in [0.2, 0.25) is 65.9 Å². The first-order valence-electron chi connectivity index (χ1n) is 15.0. The van der Waals surface area contributed by atoms with Crippen molar-refractivity contribution in [1.29, 1.82) is 0 Å². The van der Waals surface area contributed by atoms with Crippen LogP contribution >= 0.6 is 15.8 Å². The predicted octanol–water partition coefficient (Wildman–Crippen LogP) is 11.5. The van der Waals surface area contributed by atoms with Gasteiger partial charge in [0.25, 0.3) is 0 Å². The maximum atomic E-state index is 2.91. The van der Waals surface area contributed by atoms with Crippen LogP contribution in [0, 0.1) is 0 Å². The molecule has 202 valence electrons. The van der Waals surface area contributed by atoms with Crippen LogP contribution in [0.25, 0.3) is 0 Å². The summed E-state index contributed by atoms with van der Waals surface area (Å²) < 4.78 is 3.07. The number of hydrogen-bond acceptors (Lipinski definition) is 0. The molecule has 0 aromatic heterocycles. The second-order valence-corrected chi connectivity index (χ2v) is 58.9. The Hall–Kier alpha value is 1.60. The van der Waals surface area contributed by atoms with Gasteiger partial charge in [-0.2, -0.15) is 0 Å². The van der Waals surface area contributed by atoms with E-state index in [1.807, 2.05) is 0 Å². The fraction of sp³-hybridized carbons (Fsp3) is 1.00. The molecule has 10 aliphatic heterocycles. The zero-order valence-electron chi connectivity index (χ0n) is 25.7. The van der Waals surface area contributed by atoms with Crippen molar-refractivity contribution >= 4 is 23.9 Å². The first kappa shape index (κ1) is 22.3. The van der Waals surface area contributed by atoms with Crippen molar-refractivity contribution < 1.29 is 6.51 Å². The fourth-order valence-corrected chi connectivity index (χ4v) is 144. The van der Waals surface area contributed by atoms with Gasteiger partial charge in [-0.25, -0.2) is 0 Å². The molecule has 4 unspecified atom stereocenters. The third kappa shape index (κ3) is 0.496. The molecule has 0 aliphatic carbocycles. The number of hydrogen-bond donors (Lipinski definition) is 0. The molecule has 10 rings (SSSR count). The molecule has 10 heterocycles. The van der Waals surface area contributed by atoms with Crippen molar-refractivity contribution in [2.24, 2.45) is 0 Å². The molecule has 0 amide bonds. The summed E-state index contributed by atoms with van der Waals surface area (Å²) in [5.41, 5.74) is 0. The SMILES string of the molecule is CC(C)(C)P(C[C]12[CH]3[C]4([Si](C)(C)C)[CH]5[C]1(CP(C(C)(C)C)C(C)(C)C)[Fe]35241678[CH]2[CH]1[CH]6[CH]7[CH]28)C(C)(C)C. The standard InChI is InChI=1S/C26H51P2Si.C5H5.Fe/c1-23(2,3)27(24(4,5)6)18-20-16-22(29(13,14)15)17-21(20)19-28(25(7,8)9)26(10,11)12;1-2-4-5-3-1;/h16-17H,18-19H2,1-15H3;1-5H;. The van der Waals surface area contributed by atoms with Gasteiger partial charge in [-0.3, -0.25) is 0 Å². The molecule has 10 aliphatic rings. The molecular weight excluding hydrogens is 518 g/mol. The van der Waals surface area contributed by atoms with Crippen molar-refractivity contribution in [2.45, 2.75) is 170 Å². The molecule has 0 nitrogen and oxygen atoms in total. The van der Waals surface area contributed by atoms with Crippen LogP contribution < -0.4 is 0 Å². The molecule has 10 saturated heterocycles. The molecule has 0 bridgehead atoms. The predicted molar refractivity (Wildman–Crippen MR) is 160 cm³/mol. The van der Waals surface area contributed by atoms with E-state index >= 15 is 0 Å². The van der Waals surface area contributed by atoms with E-state index in [0.717, 1.165) is 12.6 Å². The summed E-state index contributed by atoms with van der Waals surface area (Å²) in [5, 5.41) is 2.00. The van der Waals surface area contributed by atoms with Crippen molar-refractivity contribution in [2.75, 3.05) is 12.3 Å². The molecular formula is C31H56FeP2Si. The first-order valence-corrected chi connectivity index (χ1v) is 27.7. The average molecular weight is 575 g/mol. The minimum absolute atomic E-state index is 0.0376. The summed E-state index contributed by atoms with van der Waals surface area (Å²) in [5.74, 6) is 0. The second-order valence-electron chi connectivity index (χ2n) is 22.3. The molecule has 0 N–H and O–H groups in total. The van der Waals surface area contributed by atoms with Crippen LogP contribution in [0.4, 0.5) is 0 Å². The zero-order chi connectivity index (χ0) is 25.9. The molecule has 0 saturated carbocycles. The summed E-state index contributed by atoms with van der Waals surface area (Å²) >= 11 is 0. The van der Waals surface area contributed by atoms with Crippen LogP contribution in [0.5, 0.6) is 0 Å². The Bertz CT molecular complexity index is 1420. The van der Waals surface area contributed by atoms with Gasteiger partial charge in [-0.1, -0.05) is 0 Å². The summed E-state index contributed by atoms with van der Waals surface area (Å²) in [6, 6.07) is 0. The Morgan fingerprint density at radius 2 is 0.800 bits per heavy atom. The fourth-order valence-electron chi connectivity index (χ4n) is 24.2. The minimum atomic E-state index is -3.67. The van der Waals surface area contributed by atoms with Gasteiger partial charge in [0, 0.05) is 0 Å². The van der Waals surface area contributed by atoms with Gasteiger partial charge in [0.15, 0.2) is 0 Å². The number of rotatable bonds is 5. The van der Waals surface area contributed by atoms with Gasteiger partial charge < -0.3 is 0 Å². The summed E-state index contributed by atoms with van der Waals surface area (Å²) in [6.45, 7) is 36.8. The Balaban J connectivity index is 1.25. The van der Waals surface area contributed by atoms with Gasteiger partial charge >= 0.3 is 212 Å². The van der Waals surface area contributed by atoms with Crippen LogP contribution in [0.1, 0.15) is 83.1 Å². The second kappa shape index (κ2) is 2.79. The normalized spacial score (nSPS) is 71.3. The third-order valence-corrected chi connectivity index (χ3v) is 83.1. The monoisotopic (exact) mass is 574 g/mol. The third-order valence-electron chi connectivity index (χ3n) is 20.8. The molecule has 0 aromatic rings. The van der Waals surface area contributed by atoms with E-state index in [1.54, 1.807) is 12.3 Å². The van der Waals surface area contributed by atoms with Crippen molar-refractivity contribution in [3.8, 4) is 0 Å². The van der Waals surface area contributed by atoms with E-state index in [-0.39, 0.29) is 15.8 Å². The van der Waals surface area contributed by atoms with Crippen LogP contribution in [-0.2, 0) is 6.51 Å². The maximum absolute atomic E-state index is 3.67. The number of fused-ring (bicyclic) bond motifs is 10. The van der Waals surface area contributed by atoms with Crippen LogP contribution in [-0.4, -0.2) is 41.0 Å². The Morgan fingerprint density at radius 1 is 0.543 bits per heavy atom. The van der Waals surface area contributed by atoms with E-state index in [1.165, 1.54) is 33.7 Å². The average Bonchev–Trinajstić information content (AvgIpc) is 3.53. The molecule has 1 spiro atoms. The molecule has 4 heteroatoms. The van der Waals surface area contributed by atoms with Gasteiger partial charge in [0.2, 0.25) is 0 Å². The molecule has 0 aromatic carbocycles. The van der Waals surface area contributed by atoms with Crippen molar-refractivity contribution in [1.82, 2.24) is 0 Å². The quantitative estimate of drug-likeness (QED) is 0.226. The molecule has 0 radical (unpaired) electrons. The molecule has 10 fully saturated rings. The Kier molecular flexibility index (Phi) is 1.78. The summed E-state index contributed by atoms with van der Waals surface area (Å²) in [6.07, 6.45) is 3.51. The Morgan fingerprint density at radius 3 is 0.971 bits per heavy atom.